The maximum atomic E-state index is 5.08. The highest BCUT2D eigenvalue weighted by Gasteiger charge is 2.29. The number of nitrogens with zero attached hydrogens (tertiary/aromatic N) is 4. The molecule has 226 valence electrons. The van der Waals surface area contributed by atoms with Gasteiger partial charge in [-0.2, -0.15) is 0 Å². The average molecular weight is 615 g/mol. The summed E-state index contributed by atoms with van der Waals surface area (Å²) in [6.07, 6.45) is 2.74. The molecule has 0 atom stereocenters. The van der Waals surface area contributed by atoms with Crippen LogP contribution in [0.3, 0.4) is 0 Å². The lowest BCUT2D eigenvalue weighted by Crippen LogP contribution is -2.19. The van der Waals surface area contributed by atoms with Gasteiger partial charge in [0.15, 0.2) is 0 Å². The van der Waals surface area contributed by atoms with Crippen molar-refractivity contribution >= 4 is 60.5 Å². The highest BCUT2D eigenvalue weighted by atomic mass is 15.2. The summed E-state index contributed by atoms with van der Waals surface area (Å²) in [7, 11) is 0. The summed E-state index contributed by atoms with van der Waals surface area (Å²) in [4.78, 5) is 12.4. The van der Waals surface area contributed by atoms with Gasteiger partial charge in [0.2, 0.25) is 0 Å². The van der Waals surface area contributed by atoms with Crippen LogP contribution in [0.5, 0.6) is 0 Å². The van der Waals surface area contributed by atoms with E-state index in [0.717, 1.165) is 62.5 Å². The third-order valence-corrected chi connectivity index (χ3v) is 9.88. The minimum absolute atomic E-state index is 0.848. The van der Waals surface area contributed by atoms with Gasteiger partial charge in [-0.15, -0.1) is 0 Å². The van der Waals surface area contributed by atoms with E-state index < -0.39 is 0 Å². The Bertz CT molecular complexity index is 2660. The summed E-state index contributed by atoms with van der Waals surface area (Å²) in [6, 6.07) is 52.5. The molecular formula is C44H30N4. The molecular weight excluding hydrogens is 585 g/mol. The first-order valence-electron chi connectivity index (χ1n) is 16.6. The number of rotatable bonds is 4. The quantitative estimate of drug-likeness (QED) is 0.185. The molecule has 0 saturated heterocycles. The summed E-state index contributed by atoms with van der Waals surface area (Å²) in [5.41, 5.74) is 12.5. The van der Waals surface area contributed by atoms with Gasteiger partial charge in [-0.25, -0.2) is 4.98 Å². The summed E-state index contributed by atoms with van der Waals surface area (Å²) in [5, 5.41) is 6.03. The van der Waals surface area contributed by atoms with Crippen LogP contribution in [0.25, 0.3) is 71.4 Å². The largest absolute Gasteiger partial charge is 0.306 e. The zero-order chi connectivity index (χ0) is 31.8. The molecule has 0 spiro atoms. The number of benzene rings is 7. The van der Waals surface area contributed by atoms with Gasteiger partial charge in [0.1, 0.15) is 5.82 Å². The minimum Gasteiger partial charge on any atom is -0.306 e. The van der Waals surface area contributed by atoms with Crippen molar-refractivity contribution in [2.75, 3.05) is 4.90 Å². The number of hydrogen-bond donors (Lipinski definition) is 0. The number of para-hydroxylation sites is 3. The fourth-order valence-corrected chi connectivity index (χ4v) is 7.90. The van der Waals surface area contributed by atoms with Crippen LogP contribution >= 0.6 is 0 Å². The SMILES string of the molecule is CCc1nc2cccc3c2n1-c1ccc(-c2c4ccccc4c(-c4cccc5cccnc45)c4ccccc24)cc1N3c1ccccc1. The van der Waals surface area contributed by atoms with Gasteiger partial charge in [-0.1, -0.05) is 110 Å². The van der Waals surface area contributed by atoms with E-state index in [4.69, 9.17) is 9.97 Å². The first-order valence-corrected chi connectivity index (χ1v) is 16.6. The van der Waals surface area contributed by atoms with Gasteiger partial charge < -0.3 is 4.90 Å². The van der Waals surface area contributed by atoms with Crippen molar-refractivity contribution < 1.29 is 0 Å². The second-order valence-corrected chi connectivity index (χ2v) is 12.5. The lowest BCUT2D eigenvalue weighted by molar-refractivity contribution is 0.900. The molecule has 0 radical (unpaired) electrons. The maximum absolute atomic E-state index is 5.08. The van der Waals surface area contributed by atoms with Crippen molar-refractivity contribution in [1.82, 2.24) is 14.5 Å². The first-order chi connectivity index (χ1) is 23.8. The fourth-order valence-electron chi connectivity index (χ4n) is 7.90. The Labute approximate surface area is 278 Å². The second-order valence-electron chi connectivity index (χ2n) is 12.5. The smallest absolute Gasteiger partial charge is 0.114 e. The Morgan fingerprint density at radius 3 is 2.00 bits per heavy atom. The molecule has 0 amide bonds. The van der Waals surface area contributed by atoms with Crippen LogP contribution < -0.4 is 4.90 Å². The minimum atomic E-state index is 0.848. The van der Waals surface area contributed by atoms with Gasteiger partial charge in [-0.05, 0) is 80.7 Å². The number of hydrogen-bond acceptors (Lipinski definition) is 3. The van der Waals surface area contributed by atoms with Crippen LogP contribution in [-0.4, -0.2) is 14.5 Å². The monoisotopic (exact) mass is 614 g/mol. The van der Waals surface area contributed by atoms with Gasteiger partial charge in [0.25, 0.3) is 0 Å². The molecule has 0 saturated carbocycles. The molecule has 2 aromatic heterocycles. The number of pyridine rings is 1. The number of aromatic nitrogens is 3. The molecule has 9 aromatic rings. The van der Waals surface area contributed by atoms with Crippen molar-refractivity contribution in [2.24, 2.45) is 0 Å². The molecule has 0 unspecified atom stereocenters. The Balaban J connectivity index is 1.30. The molecule has 1 aliphatic heterocycles. The van der Waals surface area contributed by atoms with Crippen LogP contribution in [-0.2, 0) is 6.42 Å². The van der Waals surface area contributed by atoms with Crippen molar-refractivity contribution in [3.63, 3.8) is 0 Å². The summed E-state index contributed by atoms with van der Waals surface area (Å²) in [6.45, 7) is 2.19. The summed E-state index contributed by atoms with van der Waals surface area (Å²) in [5.74, 6) is 1.07. The molecule has 0 N–H and O–H groups in total. The van der Waals surface area contributed by atoms with Crippen LogP contribution in [0.2, 0.25) is 0 Å². The van der Waals surface area contributed by atoms with Crippen LogP contribution in [0.4, 0.5) is 17.1 Å². The Morgan fingerprint density at radius 1 is 0.562 bits per heavy atom. The van der Waals surface area contributed by atoms with Crippen molar-refractivity contribution in [1.29, 1.82) is 0 Å². The third kappa shape index (κ3) is 3.77. The molecule has 1 aliphatic rings. The molecule has 4 nitrogen and oxygen atoms in total. The second kappa shape index (κ2) is 10.4. The predicted octanol–water partition coefficient (Wildman–Crippen LogP) is 11.6. The molecule has 0 fully saturated rings. The Kier molecular flexibility index (Phi) is 5.82. The Hall–Kier alpha value is -6.26. The lowest BCUT2D eigenvalue weighted by atomic mass is 9.85. The molecule has 0 aliphatic carbocycles. The standard InChI is InChI=1S/C44H30N4/c1-2-40-46-36-22-11-23-38-44(36)48(40)37-25-24-29(27-39(37)47(38)30-15-4-3-5-16-30)41-31-17-6-8-19-33(31)42(34-20-9-7-18-32(34)41)35-21-10-13-28-14-12-26-45-43(28)35/h3-27H,2H2,1H3. The number of imidazole rings is 1. The van der Waals surface area contributed by atoms with E-state index in [1.165, 1.54) is 38.2 Å². The van der Waals surface area contributed by atoms with Crippen LogP contribution in [0.15, 0.2) is 152 Å². The molecule has 48 heavy (non-hydrogen) atoms. The van der Waals surface area contributed by atoms with E-state index in [1.807, 2.05) is 12.3 Å². The number of anilines is 3. The van der Waals surface area contributed by atoms with E-state index >= 15 is 0 Å². The maximum Gasteiger partial charge on any atom is 0.114 e. The van der Waals surface area contributed by atoms with Gasteiger partial charge in [0, 0.05) is 29.3 Å². The molecule has 4 heteroatoms. The van der Waals surface area contributed by atoms with Gasteiger partial charge >= 0.3 is 0 Å². The van der Waals surface area contributed by atoms with Gasteiger partial charge in [-0.3, -0.25) is 9.55 Å². The topological polar surface area (TPSA) is 34.0 Å². The number of fused-ring (bicyclic) bond motifs is 5. The third-order valence-electron chi connectivity index (χ3n) is 9.88. The van der Waals surface area contributed by atoms with E-state index in [2.05, 4.69) is 156 Å². The molecule has 3 heterocycles. The highest BCUT2D eigenvalue weighted by Crippen LogP contribution is 2.50. The summed E-state index contributed by atoms with van der Waals surface area (Å²) < 4.78 is 2.37. The van der Waals surface area contributed by atoms with Crippen molar-refractivity contribution in [3.05, 3.63) is 158 Å². The van der Waals surface area contributed by atoms with Crippen LogP contribution in [0, 0.1) is 0 Å². The first kappa shape index (κ1) is 26.9. The van der Waals surface area contributed by atoms with E-state index in [1.54, 1.807) is 0 Å². The average Bonchev–Trinajstić information content (AvgIpc) is 3.54. The van der Waals surface area contributed by atoms with E-state index in [9.17, 15) is 0 Å². The highest BCUT2D eigenvalue weighted by molar-refractivity contribution is 6.23. The Morgan fingerprint density at radius 2 is 1.25 bits per heavy atom. The zero-order valence-electron chi connectivity index (χ0n) is 26.4. The molecule has 7 aromatic carbocycles. The molecule has 0 bridgehead atoms. The molecule has 10 rings (SSSR count). The van der Waals surface area contributed by atoms with Crippen molar-refractivity contribution in [2.45, 2.75) is 13.3 Å². The normalized spacial score (nSPS) is 12.3. The zero-order valence-corrected chi connectivity index (χ0v) is 26.4. The number of aryl methyl sites for hydroxylation is 1. The van der Waals surface area contributed by atoms with Gasteiger partial charge in [0.05, 0.1) is 33.6 Å². The van der Waals surface area contributed by atoms with Crippen molar-refractivity contribution in [3.8, 4) is 27.9 Å². The van der Waals surface area contributed by atoms with E-state index in [-0.39, 0.29) is 0 Å². The predicted molar refractivity (Wildman–Crippen MR) is 200 cm³/mol. The van der Waals surface area contributed by atoms with E-state index in [0.29, 0.717) is 0 Å². The lowest BCUT2D eigenvalue weighted by Gasteiger charge is -2.33. The van der Waals surface area contributed by atoms with Crippen LogP contribution in [0.1, 0.15) is 12.7 Å². The summed E-state index contributed by atoms with van der Waals surface area (Å²) >= 11 is 0. The fraction of sp³-hybridized carbons (Fsp3) is 0.0455.